The summed E-state index contributed by atoms with van der Waals surface area (Å²) in [7, 11) is 0. The SMILES string of the molecule is Cc1ccc(OC2CCN(C(=O)c3ccc(=O)[nH]c3)C2)nn1. The second kappa shape index (κ2) is 5.97. The number of aromatic nitrogens is 3. The molecule has 1 unspecified atom stereocenters. The summed E-state index contributed by atoms with van der Waals surface area (Å²) in [4.78, 5) is 27.6. The minimum Gasteiger partial charge on any atom is -0.471 e. The lowest BCUT2D eigenvalue weighted by atomic mass is 10.2. The largest absolute Gasteiger partial charge is 0.471 e. The van der Waals surface area contributed by atoms with Crippen molar-refractivity contribution < 1.29 is 9.53 Å². The van der Waals surface area contributed by atoms with E-state index in [1.807, 2.05) is 13.0 Å². The fourth-order valence-electron chi connectivity index (χ4n) is 2.36. The Balaban J connectivity index is 1.62. The number of carbonyl (C=O) groups excluding carboxylic acids is 1. The van der Waals surface area contributed by atoms with Crippen LogP contribution in [0.1, 0.15) is 22.5 Å². The number of aryl methyl sites for hydroxylation is 1. The Kier molecular flexibility index (Phi) is 3.86. The molecular weight excluding hydrogens is 284 g/mol. The van der Waals surface area contributed by atoms with Crippen molar-refractivity contribution in [1.82, 2.24) is 20.1 Å². The van der Waals surface area contributed by atoms with Crippen molar-refractivity contribution in [3.8, 4) is 5.88 Å². The van der Waals surface area contributed by atoms with Crippen molar-refractivity contribution in [1.29, 1.82) is 0 Å². The summed E-state index contributed by atoms with van der Waals surface area (Å²) in [5.74, 6) is 0.353. The van der Waals surface area contributed by atoms with Crippen LogP contribution < -0.4 is 10.3 Å². The molecule has 1 fully saturated rings. The Morgan fingerprint density at radius 3 is 2.86 bits per heavy atom. The van der Waals surface area contributed by atoms with E-state index in [1.54, 1.807) is 11.0 Å². The quantitative estimate of drug-likeness (QED) is 0.904. The summed E-state index contributed by atoms with van der Waals surface area (Å²) in [5, 5.41) is 7.91. The van der Waals surface area contributed by atoms with Gasteiger partial charge in [-0.3, -0.25) is 9.59 Å². The highest BCUT2D eigenvalue weighted by atomic mass is 16.5. The highest BCUT2D eigenvalue weighted by Crippen LogP contribution is 2.17. The number of hydrogen-bond donors (Lipinski definition) is 1. The van der Waals surface area contributed by atoms with Gasteiger partial charge in [-0.2, -0.15) is 5.10 Å². The summed E-state index contributed by atoms with van der Waals surface area (Å²) in [6.07, 6.45) is 2.08. The Morgan fingerprint density at radius 2 is 2.18 bits per heavy atom. The van der Waals surface area contributed by atoms with Gasteiger partial charge in [0.05, 0.1) is 17.8 Å². The molecule has 2 aromatic rings. The van der Waals surface area contributed by atoms with Crippen LogP contribution in [0, 0.1) is 6.92 Å². The molecule has 7 nitrogen and oxygen atoms in total. The standard InChI is InChI=1S/C15H16N4O3/c1-10-2-5-14(18-17-10)22-12-6-7-19(9-12)15(21)11-3-4-13(20)16-8-11/h2-5,8,12H,6-7,9H2,1H3,(H,16,20). The molecule has 1 aliphatic rings. The maximum absolute atomic E-state index is 12.3. The van der Waals surface area contributed by atoms with Gasteiger partial charge < -0.3 is 14.6 Å². The molecule has 22 heavy (non-hydrogen) atoms. The van der Waals surface area contributed by atoms with Crippen molar-refractivity contribution in [2.24, 2.45) is 0 Å². The third-order valence-electron chi connectivity index (χ3n) is 3.52. The first-order chi connectivity index (χ1) is 10.6. The number of nitrogens with zero attached hydrogens (tertiary/aromatic N) is 3. The predicted molar refractivity (Wildman–Crippen MR) is 78.8 cm³/mol. The summed E-state index contributed by atoms with van der Waals surface area (Å²) >= 11 is 0. The van der Waals surface area contributed by atoms with Gasteiger partial charge in [-0.05, 0) is 19.1 Å². The van der Waals surface area contributed by atoms with Crippen molar-refractivity contribution in [2.45, 2.75) is 19.4 Å². The zero-order chi connectivity index (χ0) is 15.5. The van der Waals surface area contributed by atoms with Gasteiger partial charge in [0, 0.05) is 31.3 Å². The van der Waals surface area contributed by atoms with Crippen molar-refractivity contribution in [3.05, 3.63) is 52.1 Å². The average molecular weight is 300 g/mol. The first-order valence-electron chi connectivity index (χ1n) is 7.07. The third-order valence-corrected chi connectivity index (χ3v) is 3.52. The Morgan fingerprint density at radius 1 is 1.32 bits per heavy atom. The van der Waals surface area contributed by atoms with E-state index in [2.05, 4.69) is 15.2 Å². The van der Waals surface area contributed by atoms with Gasteiger partial charge in [-0.25, -0.2) is 0 Å². The lowest BCUT2D eigenvalue weighted by Crippen LogP contribution is -2.31. The van der Waals surface area contributed by atoms with E-state index in [9.17, 15) is 9.59 Å². The molecule has 0 saturated carbocycles. The maximum atomic E-state index is 12.3. The van der Waals surface area contributed by atoms with Crippen LogP contribution in [0.5, 0.6) is 5.88 Å². The number of carbonyl (C=O) groups is 1. The van der Waals surface area contributed by atoms with E-state index in [0.29, 0.717) is 24.5 Å². The van der Waals surface area contributed by atoms with E-state index in [-0.39, 0.29) is 17.6 Å². The molecule has 1 N–H and O–H groups in total. The van der Waals surface area contributed by atoms with Crippen LogP contribution in [0.3, 0.4) is 0 Å². The molecule has 2 aromatic heterocycles. The number of ether oxygens (including phenoxy) is 1. The fourth-order valence-corrected chi connectivity index (χ4v) is 2.36. The monoisotopic (exact) mass is 300 g/mol. The topological polar surface area (TPSA) is 88.2 Å². The first kappa shape index (κ1) is 14.2. The van der Waals surface area contributed by atoms with Crippen molar-refractivity contribution in [3.63, 3.8) is 0 Å². The zero-order valence-corrected chi connectivity index (χ0v) is 12.2. The Hall–Kier alpha value is -2.70. The van der Waals surface area contributed by atoms with Crippen LogP contribution >= 0.6 is 0 Å². The molecule has 0 aliphatic carbocycles. The van der Waals surface area contributed by atoms with Crippen LogP contribution in [0.4, 0.5) is 0 Å². The predicted octanol–water partition coefficient (Wildman–Crippen LogP) is 0.767. The number of likely N-dealkylation sites (tertiary alicyclic amines) is 1. The number of amides is 1. The van der Waals surface area contributed by atoms with Gasteiger partial charge in [0.1, 0.15) is 6.10 Å². The van der Waals surface area contributed by atoms with Gasteiger partial charge in [0.15, 0.2) is 0 Å². The molecule has 7 heteroatoms. The van der Waals surface area contributed by atoms with Crippen LogP contribution in [0.15, 0.2) is 35.3 Å². The molecule has 0 radical (unpaired) electrons. The molecule has 114 valence electrons. The fraction of sp³-hybridized carbons (Fsp3) is 0.333. The highest BCUT2D eigenvalue weighted by Gasteiger charge is 2.28. The minimum absolute atomic E-state index is 0.0938. The van der Waals surface area contributed by atoms with E-state index < -0.39 is 0 Å². The van der Waals surface area contributed by atoms with Crippen molar-refractivity contribution >= 4 is 5.91 Å². The molecule has 0 bridgehead atoms. The molecule has 1 saturated heterocycles. The van der Waals surface area contributed by atoms with Gasteiger partial charge in [0.2, 0.25) is 11.4 Å². The number of nitrogens with one attached hydrogen (secondary N) is 1. The van der Waals surface area contributed by atoms with Crippen molar-refractivity contribution in [2.75, 3.05) is 13.1 Å². The number of hydrogen-bond acceptors (Lipinski definition) is 5. The molecule has 1 amide bonds. The summed E-state index contributed by atoms with van der Waals surface area (Å²) < 4.78 is 5.74. The number of H-pyrrole nitrogens is 1. The van der Waals surface area contributed by atoms with Crippen LogP contribution in [-0.4, -0.2) is 45.2 Å². The minimum atomic E-state index is -0.225. The summed E-state index contributed by atoms with van der Waals surface area (Å²) in [6, 6.07) is 6.48. The second-order valence-electron chi connectivity index (χ2n) is 5.23. The molecule has 3 heterocycles. The molecular formula is C15H16N4O3. The lowest BCUT2D eigenvalue weighted by molar-refractivity contribution is 0.0770. The van der Waals surface area contributed by atoms with E-state index in [0.717, 1.165) is 12.1 Å². The van der Waals surface area contributed by atoms with E-state index in [1.165, 1.54) is 18.3 Å². The lowest BCUT2D eigenvalue weighted by Gasteiger charge is -2.16. The Labute approximate surface area is 126 Å². The molecule has 0 spiro atoms. The van der Waals surface area contributed by atoms with Gasteiger partial charge >= 0.3 is 0 Å². The average Bonchev–Trinajstić information content (AvgIpc) is 2.98. The normalized spacial score (nSPS) is 17.5. The van der Waals surface area contributed by atoms with Crippen LogP contribution in [-0.2, 0) is 0 Å². The molecule has 1 atom stereocenters. The summed E-state index contributed by atoms with van der Waals surface area (Å²) in [6.45, 7) is 2.96. The summed E-state index contributed by atoms with van der Waals surface area (Å²) in [5.41, 5.74) is 1.07. The molecule has 3 rings (SSSR count). The first-order valence-corrected chi connectivity index (χ1v) is 7.07. The third kappa shape index (κ3) is 3.13. The van der Waals surface area contributed by atoms with Gasteiger partial charge in [-0.15, -0.1) is 5.10 Å². The van der Waals surface area contributed by atoms with Crippen LogP contribution in [0.2, 0.25) is 0 Å². The second-order valence-corrected chi connectivity index (χ2v) is 5.23. The van der Waals surface area contributed by atoms with E-state index in [4.69, 9.17) is 4.74 Å². The number of pyridine rings is 1. The number of rotatable bonds is 3. The van der Waals surface area contributed by atoms with Gasteiger partial charge in [-0.1, -0.05) is 0 Å². The maximum Gasteiger partial charge on any atom is 0.255 e. The highest BCUT2D eigenvalue weighted by molar-refractivity contribution is 5.94. The Bertz CT molecular complexity index is 706. The van der Waals surface area contributed by atoms with E-state index >= 15 is 0 Å². The zero-order valence-electron chi connectivity index (χ0n) is 12.2. The van der Waals surface area contributed by atoms with Crippen LogP contribution in [0.25, 0.3) is 0 Å². The smallest absolute Gasteiger partial charge is 0.255 e. The molecule has 0 aromatic carbocycles. The number of aromatic amines is 1. The molecule has 1 aliphatic heterocycles. The van der Waals surface area contributed by atoms with Gasteiger partial charge in [0.25, 0.3) is 5.91 Å².